The SMILES string of the molecule is O=C(Nc1ccc(F)nc1)c1ccc(Br)cc1Br. The second-order valence-electron chi connectivity index (χ2n) is 3.45. The molecule has 1 amide bonds. The zero-order chi connectivity index (χ0) is 13.1. The van der Waals surface area contributed by atoms with Crippen LogP contribution in [0.25, 0.3) is 0 Å². The standard InChI is InChI=1S/C12H7Br2FN2O/c13-7-1-3-9(10(14)5-7)12(18)17-8-2-4-11(15)16-6-8/h1-6H,(H,17,18). The van der Waals surface area contributed by atoms with E-state index >= 15 is 0 Å². The molecule has 0 saturated carbocycles. The molecular weight excluding hydrogens is 367 g/mol. The van der Waals surface area contributed by atoms with Crippen molar-refractivity contribution in [1.29, 1.82) is 0 Å². The van der Waals surface area contributed by atoms with Crippen molar-refractivity contribution in [3.8, 4) is 0 Å². The van der Waals surface area contributed by atoms with Crippen molar-refractivity contribution in [3.05, 3.63) is 57.0 Å². The number of aromatic nitrogens is 1. The molecule has 0 spiro atoms. The number of nitrogens with one attached hydrogen (secondary N) is 1. The maximum absolute atomic E-state index is 12.6. The van der Waals surface area contributed by atoms with E-state index in [9.17, 15) is 9.18 Å². The van der Waals surface area contributed by atoms with Gasteiger partial charge in [-0.05, 0) is 46.3 Å². The quantitative estimate of drug-likeness (QED) is 0.808. The fourth-order valence-electron chi connectivity index (χ4n) is 1.32. The average molecular weight is 374 g/mol. The summed E-state index contributed by atoms with van der Waals surface area (Å²) >= 11 is 6.61. The van der Waals surface area contributed by atoms with Gasteiger partial charge in [0.05, 0.1) is 17.4 Å². The summed E-state index contributed by atoms with van der Waals surface area (Å²) in [5.74, 6) is -0.874. The topological polar surface area (TPSA) is 42.0 Å². The predicted octanol–water partition coefficient (Wildman–Crippen LogP) is 4.00. The van der Waals surface area contributed by atoms with Gasteiger partial charge in [-0.2, -0.15) is 4.39 Å². The second kappa shape index (κ2) is 5.58. The number of halogens is 3. The fourth-order valence-corrected chi connectivity index (χ4v) is 2.55. The molecule has 2 rings (SSSR count). The highest BCUT2D eigenvalue weighted by Crippen LogP contribution is 2.22. The van der Waals surface area contributed by atoms with Gasteiger partial charge >= 0.3 is 0 Å². The lowest BCUT2D eigenvalue weighted by molar-refractivity contribution is 0.102. The molecule has 1 aromatic carbocycles. The first-order chi connectivity index (χ1) is 8.56. The van der Waals surface area contributed by atoms with Gasteiger partial charge in [-0.25, -0.2) is 4.98 Å². The monoisotopic (exact) mass is 372 g/mol. The molecule has 3 nitrogen and oxygen atoms in total. The number of pyridine rings is 1. The van der Waals surface area contributed by atoms with Gasteiger partial charge in [0.2, 0.25) is 5.95 Å². The van der Waals surface area contributed by atoms with Crippen LogP contribution < -0.4 is 5.32 Å². The van der Waals surface area contributed by atoms with Crippen LogP contribution in [-0.4, -0.2) is 10.9 Å². The van der Waals surface area contributed by atoms with E-state index in [1.807, 2.05) is 0 Å². The molecule has 6 heteroatoms. The number of rotatable bonds is 2. The van der Waals surface area contributed by atoms with E-state index in [0.29, 0.717) is 15.7 Å². The Morgan fingerprint density at radius 2 is 2.00 bits per heavy atom. The van der Waals surface area contributed by atoms with Crippen molar-refractivity contribution >= 4 is 43.5 Å². The van der Waals surface area contributed by atoms with Gasteiger partial charge in [0.15, 0.2) is 0 Å². The smallest absolute Gasteiger partial charge is 0.256 e. The lowest BCUT2D eigenvalue weighted by Crippen LogP contribution is -2.12. The van der Waals surface area contributed by atoms with Crippen LogP contribution in [0.5, 0.6) is 0 Å². The van der Waals surface area contributed by atoms with Crippen LogP contribution in [0.2, 0.25) is 0 Å². The fraction of sp³-hybridized carbons (Fsp3) is 0. The third-order valence-corrected chi connectivity index (χ3v) is 3.31. The average Bonchev–Trinajstić information content (AvgIpc) is 2.32. The number of nitrogens with zero attached hydrogens (tertiary/aromatic N) is 1. The molecule has 0 unspecified atom stereocenters. The van der Waals surface area contributed by atoms with E-state index in [-0.39, 0.29) is 5.91 Å². The van der Waals surface area contributed by atoms with Crippen molar-refractivity contribution in [3.63, 3.8) is 0 Å². The molecular formula is C12H7Br2FN2O. The van der Waals surface area contributed by atoms with Gasteiger partial charge in [0.1, 0.15) is 0 Å². The van der Waals surface area contributed by atoms with E-state index in [4.69, 9.17) is 0 Å². The number of hydrogen-bond donors (Lipinski definition) is 1. The van der Waals surface area contributed by atoms with Crippen LogP contribution in [0.3, 0.4) is 0 Å². The number of anilines is 1. The van der Waals surface area contributed by atoms with Crippen molar-refractivity contribution in [2.24, 2.45) is 0 Å². The molecule has 0 bridgehead atoms. The number of carbonyl (C=O) groups is 1. The van der Waals surface area contributed by atoms with Crippen molar-refractivity contribution in [1.82, 2.24) is 4.98 Å². The summed E-state index contributed by atoms with van der Waals surface area (Å²) in [6.07, 6.45) is 1.26. The number of carbonyl (C=O) groups excluding carboxylic acids is 1. The first-order valence-electron chi connectivity index (χ1n) is 4.94. The maximum atomic E-state index is 12.6. The second-order valence-corrected chi connectivity index (χ2v) is 5.22. The molecule has 1 N–H and O–H groups in total. The molecule has 0 radical (unpaired) electrons. The lowest BCUT2D eigenvalue weighted by Gasteiger charge is -2.06. The molecule has 0 saturated heterocycles. The van der Waals surface area contributed by atoms with Crippen LogP contribution in [0.1, 0.15) is 10.4 Å². The zero-order valence-corrected chi connectivity index (χ0v) is 12.1. The Bertz CT molecular complexity index is 587. The molecule has 0 fully saturated rings. The molecule has 2 aromatic rings. The van der Waals surface area contributed by atoms with Gasteiger partial charge in [0, 0.05) is 8.95 Å². The summed E-state index contributed by atoms with van der Waals surface area (Å²) in [5, 5.41) is 2.63. The van der Waals surface area contributed by atoms with Gasteiger partial charge in [-0.15, -0.1) is 0 Å². The first kappa shape index (κ1) is 13.2. The Balaban J connectivity index is 2.19. The maximum Gasteiger partial charge on any atom is 0.256 e. The van der Waals surface area contributed by atoms with Gasteiger partial charge in [-0.1, -0.05) is 15.9 Å². The Hall–Kier alpha value is -1.27. The van der Waals surface area contributed by atoms with Crippen LogP contribution in [-0.2, 0) is 0 Å². The molecule has 0 aliphatic heterocycles. The molecule has 0 aliphatic rings. The molecule has 1 aromatic heterocycles. The third kappa shape index (κ3) is 3.14. The van der Waals surface area contributed by atoms with Crippen LogP contribution in [0.15, 0.2) is 45.5 Å². The van der Waals surface area contributed by atoms with Gasteiger partial charge in [-0.3, -0.25) is 4.79 Å². The normalized spacial score (nSPS) is 10.2. The van der Waals surface area contributed by atoms with Crippen molar-refractivity contribution < 1.29 is 9.18 Å². The van der Waals surface area contributed by atoms with Crippen molar-refractivity contribution in [2.75, 3.05) is 5.32 Å². The summed E-state index contributed by atoms with van der Waals surface area (Å²) < 4.78 is 14.2. The van der Waals surface area contributed by atoms with Gasteiger partial charge < -0.3 is 5.32 Å². The number of hydrogen-bond acceptors (Lipinski definition) is 2. The van der Waals surface area contributed by atoms with E-state index in [1.54, 1.807) is 18.2 Å². The minimum absolute atomic E-state index is 0.289. The predicted molar refractivity (Wildman–Crippen MR) is 74.0 cm³/mol. The number of benzene rings is 1. The Morgan fingerprint density at radius 1 is 1.22 bits per heavy atom. The minimum atomic E-state index is -0.585. The lowest BCUT2D eigenvalue weighted by atomic mass is 10.2. The first-order valence-corrected chi connectivity index (χ1v) is 6.53. The molecule has 18 heavy (non-hydrogen) atoms. The van der Waals surface area contributed by atoms with E-state index in [1.165, 1.54) is 18.3 Å². The minimum Gasteiger partial charge on any atom is -0.321 e. The highest BCUT2D eigenvalue weighted by Gasteiger charge is 2.10. The Kier molecular flexibility index (Phi) is 4.08. The summed E-state index contributed by atoms with van der Waals surface area (Å²) in [6.45, 7) is 0. The largest absolute Gasteiger partial charge is 0.321 e. The van der Waals surface area contributed by atoms with Crippen LogP contribution in [0.4, 0.5) is 10.1 Å². The van der Waals surface area contributed by atoms with Crippen LogP contribution in [0, 0.1) is 5.95 Å². The number of amides is 1. The highest BCUT2D eigenvalue weighted by molar-refractivity contribution is 9.11. The molecule has 0 atom stereocenters. The summed E-state index contributed by atoms with van der Waals surface area (Å²) in [7, 11) is 0. The third-order valence-electron chi connectivity index (χ3n) is 2.16. The van der Waals surface area contributed by atoms with E-state index in [2.05, 4.69) is 42.2 Å². The Labute approximate surface area is 120 Å². The molecule has 1 heterocycles. The Morgan fingerprint density at radius 3 is 2.61 bits per heavy atom. The zero-order valence-electron chi connectivity index (χ0n) is 8.95. The molecule has 92 valence electrons. The van der Waals surface area contributed by atoms with Crippen molar-refractivity contribution in [2.45, 2.75) is 0 Å². The van der Waals surface area contributed by atoms with E-state index in [0.717, 1.165) is 4.47 Å². The molecule has 0 aliphatic carbocycles. The van der Waals surface area contributed by atoms with Crippen LogP contribution >= 0.6 is 31.9 Å². The highest BCUT2D eigenvalue weighted by atomic mass is 79.9. The summed E-state index contributed by atoms with van der Waals surface area (Å²) in [6, 6.07) is 7.86. The summed E-state index contributed by atoms with van der Waals surface area (Å²) in [5.41, 5.74) is 0.929. The van der Waals surface area contributed by atoms with Gasteiger partial charge in [0.25, 0.3) is 5.91 Å². The summed E-state index contributed by atoms with van der Waals surface area (Å²) in [4.78, 5) is 15.4. The van der Waals surface area contributed by atoms with E-state index < -0.39 is 5.95 Å².